The quantitative estimate of drug-likeness (QED) is 0.868. The lowest BCUT2D eigenvalue weighted by molar-refractivity contribution is -0.115. The fourth-order valence-electron chi connectivity index (χ4n) is 1.75. The van der Waals surface area contributed by atoms with E-state index < -0.39 is 0 Å². The first kappa shape index (κ1) is 14.5. The zero-order valence-electron chi connectivity index (χ0n) is 11.5. The normalized spacial score (nSPS) is 10.3. The smallest absolute Gasteiger partial charge is 0.224 e. The van der Waals surface area contributed by atoms with Crippen LogP contribution in [-0.4, -0.2) is 5.91 Å². The van der Waals surface area contributed by atoms with Gasteiger partial charge in [0.25, 0.3) is 0 Å². The summed E-state index contributed by atoms with van der Waals surface area (Å²) in [4.78, 5) is 11.4. The van der Waals surface area contributed by atoms with Crippen LogP contribution in [0.1, 0.15) is 24.9 Å². The second-order valence-electron chi connectivity index (χ2n) is 4.46. The molecule has 0 saturated carbocycles. The van der Waals surface area contributed by atoms with Gasteiger partial charge in [-0.05, 0) is 37.3 Å². The largest absolute Gasteiger partial charge is 0.465 e. The Morgan fingerprint density at radius 3 is 2.75 bits per heavy atom. The molecule has 0 radical (unpaired) electrons. The highest BCUT2D eigenvalue weighted by Crippen LogP contribution is 2.26. The highest BCUT2D eigenvalue weighted by molar-refractivity contribution is 6.33. The van der Waals surface area contributed by atoms with Crippen LogP contribution in [0.3, 0.4) is 0 Å². The molecular weight excluding hydrogens is 276 g/mol. The Morgan fingerprint density at radius 2 is 2.10 bits per heavy atom. The van der Waals surface area contributed by atoms with E-state index in [2.05, 4.69) is 10.6 Å². The van der Waals surface area contributed by atoms with Crippen LogP contribution >= 0.6 is 11.6 Å². The first-order valence-electron chi connectivity index (χ1n) is 6.47. The van der Waals surface area contributed by atoms with E-state index in [1.807, 2.05) is 32.0 Å². The van der Waals surface area contributed by atoms with Crippen molar-refractivity contribution in [3.05, 3.63) is 46.9 Å². The van der Waals surface area contributed by atoms with E-state index in [1.54, 1.807) is 12.1 Å². The van der Waals surface area contributed by atoms with Crippen molar-refractivity contribution in [2.45, 2.75) is 26.8 Å². The molecular formula is C15H17ClN2O2. The second-order valence-corrected chi connectivity index (χ2v) is 4.87. The van der Waals surface area contributed by atoms with Crippen molar-refractivity contribution in [1.29, 1.82) is 0 Å². The number of hydrogen-bond donors (Lipinski definition) is 2. The molecule has 5 heteroatoms. The minimum atomic E-state index is -0.0278. The molecule has 0 fully saturated rings. The summed E-state index contributed by atoms with van der Waals surface area (Å²) >= 11 is 6.13. The van der Waals surface area contributed by atoms with Gasteiger partial charge in [0.15, 0.2) is 0 Å². The van der Waals surface area contributed by atoms with Gasteiger partial charge in [0.1, 0.15) is 11.5 Å². The predicted molar refractivity (Wildman–Crippen MR) is 81.1 cm³/mol. The molecule has 1 aromatic heterocycles. The van der Waals surface area contributed by atoms with Crippen LogP contribution in [-0.2, 0) is 11.3 Å². The van der Waals surface area contributed by atoms with Crippen molar-refractivity contribution in [3.8, 4) is 0 Å². The molecule has 1 aromatic carbocycles. The molecule has 1 amide bonds. The monoisotopic (exact) mass is 292 g/mol. The number of hydrogen-bond acceptors (Lipinski definition) is 3. The number of carbonyl (C=O) groups is 1. The van der Waals surface area contributed by atoms with Gasteiger partial charge in [0.2, 0.25) is 5.91 Å². The maximum Gasteiger partial charge on any atom is 0.224 e. The highest BCUT2D eigenvalue weighted by Gasteiger charge is 2.05. The zero-order valence-corrected chi connectivity index (χ0v) is 12.3. The van der Waals surface area contributed by atoms with E-state index in [-0.39, 0.29) is 5.91 Å². The van der Waals surface area contributed by atoms with Crippen LogP contribution in [0.5, 0.6) is 0 Å². The number of benzene rings is 1. The van der Waals surface area contributed by atoms with Crippen LogP contribution in [0, 0.1) is 6.92 Å². The van der Waals surface area contributed by atoms with E-state index in [9.17, 15) is 4.79 Å². The van der Waals surface area contributed by atoms with Gasteiger partial charge < -0.3 is 15.1 Å². The molecule has 0 spiro atoms. The second kappa shape index (κ2) is 6.48. The Bertz CT molecular complexity index is 608. The molecule has 0 atom stereocenters. The Morgan fingerprint density at radius 1 is 1.30 bits per heavy atom. The Labute approximate surface area is 123 Å². The number of halogens is 1. The van der Waals surface area contributed by atoms with Crippen LogP contribution in [0.15, 0.2) is 34.7 Å². The standard InChI is InChI=1S/C15H17ClN2O2/c1-3-15(19)18-11-5-7-13(16)14(8-11)17-9-12-6-4-10(2)20-12/h4-8,17H,3,9H2,1-2H3,(H,18,19). The SMILES string of the molecule is CCC(=O)Nc1ccc(Cl)c(NCc2ccc(C)o2)c1. The van der Waals surface area contributed by atoms with Crippen molar-refractivity contribution in [2.75, 3.05) is 10.6 Å². The van der Waals surface area contributed by atoms with Gasteiger partial charge in [-0.2, -0.15) is 0 Å². The molecule has 2 aromatic rings. The topological polar surface area (TPSA) is 54.3 Å². The Balaban J connectivity index is 2.06. The number of carbonyl (C=O) groups excluding carboxylic acids is 1. The van der Waals surface area contributed by atoms with Crippen LogP contribution in [0.2, 0.25) is 5.02 Å². The van der Waals surface area contributed by atoms with Crippen molar-refractivity contribution < 1.29 is 9.21 Å². The fourth-order valence-corrected chi connectivity index (χ4v) is 1.93. The first-order valence-corrected chi connectivity index (χ1v) is 6.85. The molecule has 4 nitrogen and oxygen atoms in total. The molecule has 0 saturated heterocycles. The van der Waals surface area contributed by atoms with Crippen LogP contribution < -0.4 is 10.6 Å². The third-order valence-electron chi connectivity index (χ3n) is 2.82. The Kier molecular flexibility index (Phi) is 4.69. The third kappa shape index (κ3) is 3.78. The minimum absolute atomic E-state index is 0.0278. The summed E-state index contributed by atoms with van der Waals surface area (Å²) in [6.45, 7) is 4.25. The summed E-state index contributed by atoms with van der Waals surface area (Å²) in [5.41, 5.74) is 1.48. The summed E-state index contributed by atoms with van der Waals surface area (Å²) in [7, 11) is 0. The van der Waals surface area contributed by atoms with Crippen molar-refractivity contribution in [2.24, 2.45) is 0 Å². The van der Waals surface area contributed by atoms with Gasteiger partial charge in [0.05, 0.1) is 17.3 Å². The molecule has 0 aliphatic heterocycles. The van der Waals surface area contributed by atoms with Gasteiger partial charge in [-0.15, -0.1) is 0 Å². The van der Waals surface area contributed by atoms with Crippen LogP contribution in [0.25, 0.3) is 0 Å². The molecule has 2 N–H and O–H groups in total. The maximum absolute atomic E-state index is 11.4. The molecule has 2 rings (SSSR count). The van der Waals surface area contributed by atoms with Crippen molar-refractivity contribution in [1.82, 2.24) is 0 Å². The molecule has 20 heavy (non-hydrogen) atoms. The minimum Gasteiger partial charge on any atom is -0.465 e. The van der Waals surface area contributed by atoms with E-state index >= 15 is 0 Å². The summed E-state index contributed by atoms with van der Waals surface area (Å²) < 4.78 is 5.48. The number of rotatable bonds is 5. The number of aryl methyl sites for hydroxylation is 1. The number of nitrogens with one attached hydrogen (secondary N) is 2. The molecule has 0 aliphatic rings. The maximum atomic E-state index is 11.4. The van der Waals surface area contributed by atoms with Gasteiger partial charge in [-0.3, -0.25) is 4.79 Å². The van der Waals surface area contributed by atoms with E-state index in [1.165, 1.54) is 0 Å². The summed E-state index contributed by atoms with van der Waals surface area (Å²) in [6, 6.07) is 9.17. The average molecular weight is 293 g/mol. The lowest BCUT2D eigenvalue weighted by Crippen LogP contribution is -2.09. The molecule has 0 bridgehead atoms. The van der Waals surface area contributed by atoms with Crippen molar-refractivity contribution >= 4 is 28.9 Å². The van der Waals surface area contributed by atoms with E-state index in [4.69, 9.17) is 16.0 Å². The summed E-state index contributed by atoms with van der Waals surface area (Å²) in [6.07, 6.45) is 0.442. The van der Waals surface area contributed by atoms with E-state index in [0.29, 0.717) is 18.0 Å². The van der Waals surface area contributed by atoms with Gasteiger partial charge in [0, 0.05) is 12.1 Å². The average Bonchev–Trinajstić information content (AvgIpc) is 2.85. The summed E-state index contributed by atoms with van der Waals surface area (Å²) in [5.74, 6) is 1.68. The molecule has 1 heterocycles. The van der Waals surface area contributed by atoms with Crippen LogP contribution in [0.4, 0.5) is 11.4 Å². The molecule has 0 unspecified atom stereocenters. The highest BCUT2D eigenvalue weighted by atomic mass is 35.5. The third-order valence-corrected chi connectivity index (χ3v) is 3.15. The number of amides is 1. The summed E-state index contributed by atoms with van der Waals surface area (Å²) in [5, 5.41) is 6.60. The van der Waals surface area contributed by atoms with Gasteiger partial charge >= 0.3 is 0 Å². The number of anilines is 2. The lowest BCUT2D eigenvalue weighted by Gasteiger charge is -2.10. The fraction of sp³-hybridized carbons (Fsp3) is 0.267. The first-order chi connectivity index (χ1) is 9.58. The predicted octanol–water partition coefficient (Wildman–Crippen LogP) is 4.20. The zero-order chi connectivity index (χ0) is 14.5. The number of furan rings is 1. The van der Waals surface area contributed by atoms with Crippen molar-refractivity contribution in [3.63, 3.8) is 0 Å². The van der Waals surface area contributed by atoms with E-state index in [0.717, 1.165) is 22.9 Å². The Hall–Kier alpha value is -1.94. The molecule has 0 aliphatic carbocycles. The van der Waals surface area contributed by atoms with Gasteiger partial charge in [-0.1, -0.05) is 18.5 Å². The molecule has 106 valence electrons. The lowest BCUT2D eigenvalue weighted by atomic mass is 10.2. The van der Waals surface area contributed by atoms with Gasteiger partial charge in [-0.25, -0.2) is 0 Å².